The van der Waals surface area contributed by atoms with Crippen molar-refractivity contribution in [2.45, 2.75) is 6.17 Å². The standard InChI is InChI=1S/C4H8N2O/c1-2-6(7)3-4(6)5/h2,4H,1,3,5H2. The molecule has 7 heavy (non-hydrogen) atoms. The molecular formula is C4H8N2O. The molecule has 2 N–H and O–H groups in total. The number of quaternary nitrogens is 1. The lowest BCUT2D eigenvalue weighted by Gasteiger charge is -2.14. The predicted molar refractivity (Wildman–Crippen MR) is 26.7 cm³/mol. The van der Waals surface area contributed by atoms with Crippen LogP contribution in [0.5, 0.6) is 0 Å². The van der Waals surface area contributed by atoms with E-state index in [-0.39, 0.29) is 6.17 Å². The van der Waals surface area contributed by atoms with Crippen LogP contribution in [0.15, 0.2) is 12.8 Å². The molecule has 3 heteroatoms. The lowest BCUT2D eigenvalue weighted by molar-refractivity contribution is -0.699. The van der Waals surface area contributed by atoms with Gasteiger partial charge in [-0.1, -0.05) is 0 Å². The van der Waals surface area contributed by atoms with Crippen LogP contribution in [-0.4, -0.2) is 17.4 Å². The fourth-order valence-electron chi connectivity index (χ4n) is 0.455. The van der Waals surface area contributed by atoms with E-state index < -0.39 is 4.65 Å². The van der Waals surface area contributed by atoms with Crippen LogP contribution in [0.3, 0.4) is 0 Å². The third-order valence-corrected chi connectivity index (χ3v) is 1.21. The van der Waals surface area contributed by atoms with Gasteiger partial charge in [0.2, 0.25) is 0 Å². The van der Waals surface area contributed by atoms with Crippen molar-refractivity contribution in [3.8, 4) is 0 Å². The average molecular weight is 100 g/mol. The first kappa shape index (κ1) is 4.77. The summed E-state index contributed by atoms with van der Waals surface area (Å²) >= 11 is 0. The van der Waals surface area contributed by atoms with Crippen LogP contribution < -0.4 is 5.73 Å². The van der Waals surface area contributed by atoms with E-state index in [1.807, 2.05) is 0 Å². The quantitative estimate of drug-likeness (QED) is 0.280. The van der Waals surface area contributed by atoms with Crippen molar-refractivity contribution in [3.63, 3.8) is 0 Å². The molecule has 1 aliphatic rings. The van der Waals surface area contributed by atoms with Crippen LogP contribution in [0.2, 0.25) is 0 Å². The summed E-state index contributed by atoms with van der Waals surface area (Å²) in [7, 11) is 0. The Kier molecular flexibility index (Phi) is 0.725. The van der Waals surface area contributed by atoms with Crippen LogP contribution in [0, 0.1) is 5.21 Å². The Morgan fingerprint density at radius 3 is 2.43 bits per heavy atom. The Balaban J connectivity index is 2.51. The summed E-state index contributed by atoms with van der Waals surface area (Å²) in [6.07, 6.45) is 1.10. The summed E-state index contributed by atoms with van der Waals surface area (Å²) in [4.78, 5) is 0. The van der Waals surface area contributed by atoms with Gasteiger partial charge in [-0.15, -0.1) is 0 Å². The molecule has 1 rings (SSSR count). The molecule has 0 amide bonds. The monoisotopic (exact) mass is 100 g/mol. The Bertz CT molecular complexity index is 104. The molecule has 0 aliphatic carbocycles. The van der Waals surface area contributed by atoms with Crippen molar-refractivity contribution in [3.05, 3.63) is 18.0 Å². The highest BCUT2D eigenvalue weighted by Gasteiger charge is 2.42. The minimum absolute atomic E-state index is 0.225. The number of hydroxylamine groups is 3. The largest absolute Gasteiger partial charge is 0.626 e. The maximum atomic E-state index is 10.6. The van der Waals surface area contributed by atoms with E-state index in [1.54, 1.807) is 0 Å². The van der Waals surface area contributed by atoms with Gasteiger partial charge in [-0.25, -0.2) is 0 Å². The molecule has 0 aromatic rings. The molecule has 0 bridgehead atoms. The van der Waals surface area contributed by atoms with Gasteiger partial charge in [0, 0.05) is 0 Å². The Morgan fingerprint density at radius 1 is 2.00 bits per heavy atom. The summed E-state index contributed by atoms with van der Waals surface area (Å²) in [5, 5.41) is 10.6. The van der Waals surface area contributed by atoms with Crippen LogP contribution in [0.4, 0.5) is 0 Å². The second kappa shape index (κ2) is 1.06. The van der Waals surface area contributed by atoms with Gasteiger partial charge in [0.05, 0.1) is 6.20 Å². The topological polar surface area (TPSA) is 49.1 Å². The second-order valence-corrected chi connectivity index (χ2v) is 1.79. The van der Waals surface area contributed by atoms with Gasteiger partial charge in [-0.2, -0.15) is 0 Å². The highest BCUT2D eigenvalue weighted by molar-refractivity contribution is 4.75. The number of hydrogen-bond acceptors (Lipinski definition) is 2. The van der Waals surface area contributed by atoms with Crippen molar-refractivity contribution in [1.82, 2.24) is 0 Å². The molecule has 1 fully saturated rings. The highest BCUT2D eigenvalue weighted by atomic mass is 16.6. The first-order chi connectivity index (χ1) is 3.19. The molecule has 0 radical (unpaired) electrons. The molecule has 3 nitrogen and oxygen atoms in total. The number of hydrogen-bond donors (Lipinski definition) is 1. The molecule has 0 saturated carbocycles. The van der Waals surface area contributed by atoms with Crippen molar-refractivity contribution >= 4 is 0 Å². The summed E-state index contributed by atoms with van der Waals surface area (Å²) in [6, 6.07) is 0. The number of rotatable bonds is 1. The second-order valence-electron chi connectivity index (χ2n) is 1.79. The smallest absolute Gasteiger partial charge is 0.195 e. The van der Waals surface area contributed by atoms with Gasteiger partial charge in [0.25, 0.3) is 0 Å². The van der Waals surface area contributed by atoms with E-state index in [0.717, 1.165) is 0 Å². The van der Waals surface area contributed by atoms with Crippen LogP contribution in [0.25, 0.3) is 0 Å². The summed E-state index contributed by atoms with van der Waals surface area (Å²) in [6.45, 7) is 3.83. The van der Waals surface area contributed by atoms with Gasteiger partial charge >= 0.3 is 0 Å². The number of nitrogens with zero attached hydrogens (tertiary/aromatic N) is 1. The molecule has 40 valence electrons. The molecule has 2 atom stereocenters. The zero-order chi connectivity index (χ0) is 5.49. The van der Waals surface area contributed by atoms with Gasteiger partial charge in [-0.3, -0.25) is 5.73 Å². The van der Waals surface area contributed by atoms with Gasteiger partial charge in [0.15, 0.2) is 12.7 Å². The minimum atomic E-state index is -0.403. The Hall–Kier alpha value is -0.380. The maximum absolute atomic E-state index is 10.6. The lowest BCUT2D eigenvalue weighted by atomic mass is 10.8. The van der Waals surface area contributed by atoms with Crippen molar-refractivity contribution in [2.75, 3.05) is 6.54 Å². The maximum Gasteiger partial charge on any atom is 0.195 e. The highest BCUT2D eigenvalue weighted by Crippen LogP contribution is 2.23. The lowest BCUT2D eigenvalue weighted by Crippen LogP contribution is -2.18. The molecule has 2 unspecified atom stereocenters. The van der Waals surface area contributed by atoms with E-state index in [9.17, 15) is 5.21 Å². The molecule has 1 heterocycles. The van der Waals surface area contributed by atoms with E-state index in [0.29, 0.717) is 6.54 Å². The van der Waals surface area contributed by atoms with E-state index >= 15 is 0 Å². The Labute approximate surface area is 42.2 Å². The first-order valence-corrected chi connectivity index (χ1v) is 2.17. The Morgan fingerprint density at radius 2 is 2.43 bits per heavy atom. The van der Waals surface area contributed by atoms with Crippen molar-refractivity contribution < 1.29 is 4.65 Å². The number of nitrogens with two attached hydrogens (primary N) is 1. The van der Waals surface area contributed by atoms with Crippen LogP contribution in [-0.2, 0) is 0 Å². The van der Waals surface area contributed by atoms with Gasteiger partial charge in [-0.05, 0) is 6.58 Å². The summed E-state index contributed by atoms with van der Waals surface area (Å²) < 4.78 is -0.403. The van der Waals surface area contributed by atoms with Crippen molar-refractivity contribution in [1.29, 1.82) is 0 Å². The molecule has 1 aliphatic heterocycles. The fraction of sp³-hybridized carbons (Fsp3) is 0.500. The van der Waals surface area contributed by atoms with Crippen LogP contribution >= 0.6 is 0 Å². The first-order valence-electron chi connectivity index (χ1n) is 2.17. The third-order valence-electron chi connectivity index (χ3n) is 1.21. The fourth-order valence-corrected chi connectivity index (χ4v) is 0.455. The van der Waals surface area contributed by atoms with Gasteiger partial charge < -0.3 is 9.85 Å². The minimum Gasteiger partial charge on any atom is -0.626 e. The van der Waals surface area contributed by atoms with E-state index in [1.165, 1.54) is 6.20 Å². The predicted octanol–water partition coefficient (Wildman–Crippen LogP) is -0.257. The normalized spacial score (nSPS) is 48.6. The SMILES string of the molecule is C=C[N+]1([O-])CC1N. The molecule has 0 aromatic carbocycles. The molecule has 1 saturated heterocycles. The average Bonchev–Trinajstić information content (AvgIpc) is 2.18. The summed E-state index contributed by atoms with van der Waals surface area (Å²) in [5.74, 6) is 0. The zero-order valence-electron chi connectivity index (χ0n) is 4.00. The van der Waals surface area contributed by atoms with Gasteiger partial charge in [0.1, 0.15) is 0 Å². The zero-order valence-corrected chi connectivity index (χ0v) is 4.00. The molecule has 0 spiro atoms. The molecular weight excluding hydrogens is 92.1 g/mol. The van der Waals surface area contributed by atoms with E-state index in [4.69, 9.17) is 5.73 Å². The molecule has 0 aromatic heterocycles. The van der Waals surface area contributed by atoms with Crippen molar-refractivity contribution in [2.24, 2.45) is 5.73 Å². The van der Waals surface area contributed by atoms with E-state index in [2.05, 4.69) is 6.58 Å². The third kappa shape index (κ3) is 0.545. The van der Waals surface area contributed by atoms with Crippen LogP contribution in [0.1, 0.15) is 0 Å². The summed E-state index contributed by atoms with van der Waals surface area (Å²) in [5.41, 5.74) is 5.20.